The van der Waals surface area contributed by atoms with Gasteiger partial charge in [-0.25, -0.2) is 8.78 Å². The molecule has 7 heteroatoms. The molecule has 1 aromatic carbocycles. The zero-order valence-electron chi connectivity index (χ0n) is 10.7. The average molecular weight is 276 g/mol. The van der Waals surface area contributed by atoms with E-state index in [4.69, 9.17) is 5.26 Å². The van der Waals surface area contributed by atoms with Crippen LogP contribution >= 0.6 is 0 Å². The molecule has 20 heavy (non-hydrogen) atoms. The van der Waals surface area contributed by atoms with Crippen LogP contribution in [-0.2, 0) is 7.05 Å². The van der Waals surface area contributed by atoms with Crippen LogP contribution in [0.25, 0.3) is 0 Å². The van der Waals surface area contributed by atoms with Gasteiger partial charge in [-0.1, -0.05) is 6.07 Å². The summed E-state index contributed by atoms with van der Waals surface area (Å²) in [5.74, 6) is -2.78. The summed E-state index contributed by atoms with van der Waals surface area (Å²) in [7, 11) is 1.50. The molecule has 0 saturated heterocycles. The van der Waals surface area contributed by atoms with Crippen LogP contribution in [0.4, 0.5) is 14.6 Å². The predicted octanol–water partition coefficient (Wildman–Crippen LogP) is 2.13. The van der Waals surface area contributed by atoms with Gasteiger partial charge in [0.15, 0.2) is 0 Å². The molecule has 0 atom stereocenters. The fraction of sp³-hybridized carbons (Fsp3) is 0.154. The SMILES string of the molecule is Cc1ccc(F)c(C(=O)Nc2c(C#N)cnn2C)c1F. The number of nitrogens with one attached hydrogen (secondary N) is 1. The van der Waals surface area contributed by atoms with Crippen LogP contribution in [0.1, 0.15) is 21.5 Å². The van der Waals surface area contributed by atoms with E-state index in [-0.39, 0.29) is 16.9 Å². The van der Waals surface area contributed by atoms with Gasteiger partial charge in [0.2, 0.25) is 0 Å². The van der Waals surface area contributed by atoms with Crippen LogP contribution in [-0.4, -0.2) is 15.7 Å². The Morgan fingerprint density at radius 1 is 1.45 bits per heavy atom. The van der Waals surface area contributed by atoms with E-state index >= 15 is 0 Å². The minimum atomic E-state index is -0.969. The van der Waals surface area contributed by atoms with E-state index in [1.165, 1.54) is 30.9 Å². The van der Waals surface area contributed by atoms with Crippen molar-refractivity contribution in [2.75, 3.05) is 5.32 Å². The molecular weight excluding hydrogens is 266 g/mol. The van der Waals surface area contributed by atoms with Gasteiger partial charge in [0.25, 0.3) is 5.91 Å². The molecule has 0 aliphatic heterocycles. The van der Waals surface area contributed by atoms with Gasteiger partial charge in [0, 0.05) is 7.05 Å². The summed E-state index contributed by atoms with van der Waals surface area (Å²) >= 11 is 0. The van der Waals surface area contributed by atoms with E-state index in [2.05, 4.69) is 10.4 Å². The van der Waals surface area contributed by atoms with Crippen molar-refractivity contribution in [3.63, 3.8) is 0 Å². The maximum Gasteiger partial charge on any atom is 0.262 e. The third-order valence-electron chi connectivity index (χ3n) is 2.80. The van der Waals surface area contributed by atoms with E-state index in [1.54, 1.807) is 0 Å². The van der Waals surface area contributed by atoms with Gasteiger partial charge in [-0.3, -0.25) is 9.48 Å². The van der Waals surface area contributed by atoms with Crippen molar-refractivity contribution in [1.82, 2.24) is 9.78 Å². The van der Waals surface area contributed by atoms with Crippen LogP contribution in [0.5, 0.6) is 0 Å². The minimum absolute atomic E-state index is 0.0813. The number of carbonyl (C=O) groups excluding carboxylic acids is 1. The Labute approximate surface area is 113 Å². The normalized spacial score (nSPS) is 10.2. The lowest BCUT2D eigenvalue weighted by Gasteiger charge is -2.09. The number of nitrogens with zero attached hydrogens (tertiary/aromatic N) is 3. The topological polar surface area (TPSA) is 70.7 Å². The van der Waals surface area contributed by atoms with Crippen molar-refractivity contribution in [3.8, 4) is 6.07 Å². The van der Waals surface area contributed by atoms with E-state index in [1.807, 2.05) is 6.07 Å². The zero-order chi connectivity index (χ0) is 14.9. The molecule has 0 radical (unpaired) electrons. The Bertz CT molecular complexity index is 731. The monoisotopic (exact) mass is 276 g/mol. The van der Waals surface area contributed by atoms with Gasteiger partial charge in [-0.15, -0.1) is 0 Å². The number of rotatable bonds is 2. The Balaban J connectivity index is 2.42. The number of benzene rings is 1. The summed E-state index contributed by atoms with van der Waals surface area (Å²) in [6.45, 7) is 1.43. The smallest absolute Gasteiger partial charge is 0.262 e. The Morgan fingerprint density at radius 3 is 2.80 bits per heavy atom. The van der Waals surface area contributed by atoms with Crippen LogP contribution in [0.15, 0.2) is 18.3 Å². The molecule has 0 aliphatic carbocycles. The highest BCUT2D eigenvalue weighted by atomic mass is 19.1. The second-order valence-corrected chi connectivity index (χ2v) is 4.15. The maximum absolute atomic E-state index is 13.8. The number of hydrogen-bond acceptors (Lipinski definition) is 3. The number of hydrogen-bond donors (Lipinski definition) is 1. The van der Waals surface area contributed by atoms with Gasteiger partial charge in [-0.2, -0.15) is 10.4 Å². The summed E-state index contributed by atoms with van der Waals surface area (Å²) in [4.78, 5) is 12.0. The van der Waals surface area contributed by atoms with Crippen LogP contribution in [0.3, 0.4) is 0 Å². The van der Waals surface area contributed by atoms with Crippen molar-refractivity contribution >= 4 is 11.7 Å². The summed E-state index contributed by atoms with van der Waals surface area (Å²) in [6, 6.07) is 4.09. The molecule has 0 aliphatic rings. The molecule has 5 nitrogen and oxygen atoms in total. The number of aromatic nitrogens is 2. The lowest BCUT2D eigenvalue weighted by molar-refractivity contribution is 0.101. The van der Waals surface area contributed by atoms with Crippen molar-refractivity contribution in [3.05, 3.63) is 46.7 Å². The van der Waals surface area contributed by atoms with E-state index < -0.39 is 23.1 Å². The number of amides is 1. The number of halogens is 2. The summed E-state index contributed by atoms with van der Waals surface area (Å²) < 4.78 is 28.7. The first kappa shape index (κ1) is 13.7. The molecule has 0 spiro atoms. The van der Waals surface area contributed by atoms with Gasteiger partial charge in [0.05, 0.1) is 6.20 Å². The molecular formula is C13H10F2N4O. The third-order valence-corrected chi connectivity index (χ3v) is 2.80. The number of anilines is 1. The van der Waals surface area contributed by atoms with Crippen molar-refractivity contribution in [2.24, 2.45) is 7.05 Å². The Hall–Kier alpha value is -2.75. The first-order valence-corrected chi connectivity index (χ1v) is 5.63. The molecule has 0 fully saturated rings. The molecule has 1 heterocycles. The molecule has 0 unspecified atom stereocenters. The molecule has 102 valence electrons. The predicted molar refractivity (Wildman–Crippen MR) is 67.0 cm³/mol. The van der Waals surface area contributed by atoms with E-state index in [0.717, 1.165) is 6.07 Å². The zero-order valence-corrected chi connectivity index (χ0v) is 10.7. The first-order valence-electron chi connectivity index (χ1n) is 5.63. The Morgan fingerprint density at radius 2 is 2.15 bits per heavy atom. The Kier molecular flexibility index (Phi) is 3.48. The van der Waals surface area contributed by atoms with Crippen molar-refractivity contribution in [2.45, 2.75) is 6.92 Å². The highest BCUT2D eigenvalue weighted by Gasteiger charge is 2.21. The second-order valence-electron chi connectivity index (χ2n) is 4.15. The van der Waals surface area contributed by atoms with Gasteiger partial charge >= 0.3 is 0 Å². The molecule has 0 bridgehead atoms. The molecule has 2 aromatic rings. The number of nitriles is 1. The highest BCUT2D eigenvalue weighted by molar-refractivity contribution is 6.04. The third kappa shape index (κ3) is 2.23. The molecule has 1 aromatic heterocycles. The first-order chi connectivity index (χ1) is 9.45. The van der Waals surface area contributed by atoms with Crippen LogP contribution < -0.4 is 5.32 Å². The molecule has 2 rings (SSSR count). The van der Waals surface area contributed by atoms with Crippen LogP contribution in [0.2, 0.25) is 0 Å². The minimum Gasteiger partial charge on any atom is -0.305 e. The largest absolute Gasteiger partial charge is 0.305 e. The summed E-state index contributed by atoms with van der Waals surface area (Å²) in [5, 5.41) is 14.9. The quantitative estimate of drug-likeness (QED) is 0.913. The van der Waals surface area contributed by atoms with Crippen molar-refractivity contribution < 1.29 is 13.6 Å². The number of aryl methyl sites for hydroxylation is 2. The lowest BCUT2D eigenvalue weighted by atomic mass is 10.1. The summed E-state index contributed by atoms with van der Waals surface area (Å²) in [5.41, 5.74) is -0.425. The van der Waals surface area contributed by atoms with Crippen molar-refractivity contribution in [1.29, 1.82) is 5.26 Å². The van der Waals surface area contributed by atoms with Gasteiger partial charge in [-0.05, 0) is 18.6 Å². The fourth-order valence-electron chi connectivity index (χ4n) is 1.70. The van der Waals surface area contributed by atoms with Gasteiger partial charge in [0.1, 0.15) is 34.6 Å². The van der Waals surface area contributed by atoms with E-state index in [0.29, 0.717) is 0 Å². The van der Waals surface area contributed by atoms with Crippen LogP contribution in [0, 0.1) is 29.9 Å². The lowest BCUT2D eigenvalue weighted by Crippen LogP contribution is -2.19. The average Bonchev–Trinajstić information content (AvgIpc) is 2.75. The van der Waals surface area contributed by atoms with E-state index in [9.17, 15) is 13.6 Å². The molecule has 1 amide bonds. The highest BCUT2D eigenvalue weighted by Crippen LogP contribution is 2.19. The van der Waals surface area contributed by atoms with Gasteiger partial charge < -0.3 is 5.32 Å². The number of carbonyl (C=O) groups is 1. The fourth-order valence-corrected chi connectivity index (χ4v) is 1.70. The molecule has 1 N–H and O–H groups in total. The summed E-state index contributed by atoms with van der Waals surface area (Å²) in [6.07, 6.45) is 1.25. The molecule has 0 saturated carbocycles. The maximum atomic E-state index is 13.8. The standard InChI is InChI=1S/C13H10F2N4O/c1-7-3-4-9(14)10(11(7)15)13(20)18-12-8(5-16)6-17-19(12)2/h3-4,6H,1-2H3,(H,18,20). The second kappa shape index (κ2) is 5.09.